The molecule has 3 heteroatoms. The number of nitrogens with zero attached hydrogens (tertiary/aromatic N) is 2. The summed E-state index contributed by atoms with van der Waals surface area (Å²) < 4.78 is 11.3. The molecule has 3 nitrogen and oxygen atoms in total. The molecule has 0 atom stereocenters. The second-order valence-electron chi connectivity index (χ2n) is 14.1. The Bertz CT molecular complexity index is 3460. The van der Waals surface area contributed by atoms with Gasteiger partial charge < -0.3 is 13.6 Å². The zero-order valence-electron chi connectivity index (χ0n) is 28.6. The minimum atomic E-state index is 0.899. The first-order valence-electron chi connectivity index (χ1n) is 18.2. The summed E-state index contributed by atoms with van der Waals surface area (Å²) in [5, 5.41) is 12.1. The molecule has 12 aromatic rings. The van der Waals surface area contributed by atoms with Crippen LogP contribution < -0.4 is 0 Å². The Morgan fingerprint density at radius 3 is 1.45 bits per heavy atom. The van der Waals surface area contributed by atoms with E-state index in [0.29, 0.717) is 0 Å². The van der Waals surface area contributed by atoms with Crippen molar-refractivity contribution in [3.63, 3.8) is 0 Å². The molecule has 53 heavy (non-hydrogen) atoms. The number of aromatic nitrogens is 2. The molecule has 0 N–H and O–H groups in total. The minimum absolute atomic E-state index is 0.899. The zero-order chi connectivity index (χ0) is 34.6. The Morgan fingerprint density at radius 1 is 0.283 bits per heavy atom. The predicted molar refractivity (Wildman–Crippen MR) is 223 cm³/mol. The minimum Gasteiger partial charge on any atom is -0.456 e. The van der Waals surface area contributed by atoms with Gasteiger partial charge in [0, 0.05) is 49.2 Å². The topological polar surface area (TPSA) is 23.0 Å². The van der Waals surface area contributed by atoms with E-state index < -0.39 is 0 Å². The van der Waals surface area contributed by atoms with Crippen molar-refractivity contribution in [3.05, 3.63) is 182 Å². The Morgan fingerprint density at radius 2 is 0.774 bits per heavy atom. The van der Waals surface area contributed by atoms with Crippen LogP contribution in [0.25, 0.3) is 110 Å². The fourth-order valence-electron chi connectivity index (χ4n) is 8.90. The first-order chi connectivity index (χ1) is 26.3. The molecular formula is C50H30N2O. The lowest BCUT2D eigenvalue weighted by atomic mass is 10.00. The lowest BCUT2D eigenvalue weighted by Gasteiger charge is -2.12. The smallest absolute Gasteiger partial charge is 0.137 e. The van der Waals surface area contributed by atoms with Crippen LogP contribution in [0.15, 0.2) is 186 Å². The van der Waals surface area contributed by atoms with Crippen LogP contribution in [0.1, 0.15) is 0 Å². The molecule has 9 aromatic carbocycles. The van der Waals surface area contributed by atoms with E-state index in [1.165, 1.54) is 76.5 Å². The van der Waals surface area contributed by atoms with Gasteiger partial charge in [0.2, 0.25) is 0 Å². The maximum absolute atomic E-state index is 6.45. The third kappa shape index (κ3) is 4.05. The Kier molecular flexibility index (Phi) is 5.77. The molecule has 246 valence electrons. The van der Waals surface area contributed by atoms with E-state index in [1.807, 2.05) is 6.07 Å². The summed E-state index contributed by atoms with van der Waals surface area (Å²) in [4.78, 5) is 0. The quantitative estimate of drug-likeness (QED) is 0.183. The molecule has 0 spiro atoms. The molecule has 0 radical (unpaired) electrons. The highest BCUT2D eigenvalue weighted by Gasteiger charge is 2.20. The van der Waals surface area contributed by atoms with Crippen LogP contribution in [-0.4, -0.2) is 9.13 Å². The van der Waals surface area contributed by atoms with E-state index in [1.54, 1.807) is 0 Å². The predicted octanol–water partition coefficient (Wildman–Crippen LogP) is 13.8. The summed E-state index contributed by atoms with van der Waals surface area (Å²) in [7, 11) is 0. The molecule has 0 saturated heterocycles. The molecule has 0 fully saturated rings. The van der Waals surface area contributed by atoms with Crippen LogP contribution in [0.2, 0.25) is 0 Å². The van der Waals surface area contributed by atoms with Gasteiger partial charge in [0.15, 0.2) is 0 Å². The molecule has 12 rings (SSSR count). The van der Waals surface area contributed by atoms with Gasteiger partial charge >= 0.3 is 0 Å². The fraction of sp³-hybridized carbons (Fsp3) is 0. The largest absolute Gasteiger partial charge is 0.456 e. The van der Waals surface area contributed by atoms with Gasteiger partial charge in [-0.2, -0.15) is 0 Å². The van der Waals surface area contributed by atoms with Crippen LogP contribution in [0.5, 0.6) is 0 Å². The molecule has 0 bridgehead atoms. The van der Waals surface area contributed by atoms with Crippen molar-refractivity contribution in [2.75, 3.05) is 0 Å². The molecule has 0 saturated carbocycles. The summed E-state index contributed by atoms with van der Waals surface area (Å²) in [6.45, 7) is 0. The number of rotatable bonds is 3. The number of benzene rings is 9. The van der Waals surface area contributed by atoms with Crippen LogP contribution in [0.4, 0.5) is 0 Å². The van der Waals surface area contributed by atoms with Gasteiger partial charge in [0.05, 0.1) is 33.4 Å². The molecule has 0 amide bonds. The van der Waals surface area contributed by atoms with E-state index in [9.17, 15) is 0 Å². The lowest BCUT2D eigenvalue weighted by molar-refractivity contribution is 0.669. The van der Waals surface area contributed by atoms with Crippen molar-refractivity contribution < 1.29 is 4.42 Å². The molecular weight excluding hydrogens is 645 g/mol. The van der Waals surface area contributed by atoms with Crippen molar-refractivity contribution in [2.24, 2.45) is 0 Å². The van der Waals surface area contributed by atoms with Crippen molar-refractivity contribution in [1.29, 1.82) is 0 Å². The first kappa shape index (κ1) is 28.6. The number of fused-ring (bicyclic) bond motifs is 11. The van der Waals surface area contributed by atoms with Gasteiger partial charge in [-0.15, -0.1) is 0 Å². The SMILES string of the molecule is c1ccc2c(-n3c4ccccc4c4cc(-c5ccc6c(c5)c5cc7c(cc5n6-c5cccc6ccccc56)oc5ccccc57)ccc43)cccc2c1. The maximum Gasteiger partial charge on any atom is 0.137 e. The van der Waals surface area contributed by atoms with E-state index in [0.717, 1.165) is 33.1 Å². The summed E-state index contributed by atoms with van der Waals surface area (Å²) in [5.74, 6) is 0. The van der Waals surface area contributed by atoms with E-state index >= 15 is 0 Å². The lowest BCUT2D eigenvalue weighted by Crippen LogP contribution is -1.95. The molecule has 0 aliphatic heterocycles. The Hall–Kier alpha value is -7.10. The molecule has 3 heterocycles. The molecule has 0 unspecified atom stereocenters. The first-order valence-corrected chi connectivity index (χ1v) is 18.2. The fourth-order valence-corrected chi connectivity index (χ4v) is 8.90. The second kappa shape index (κ2) is 10.7. The monoisotopic (exact) mass is 674 g/mol. The van der Waals surface area contributed by atoms with Crippen LogP contribution >= 0.6 is 0 Å². The van der Waals surface area contributed by atoms with Gasteiger partial charge in [-0.05, 0) is 76.5 Å². The van der Waals surface area contributed by atoms with Gasteiger partial charge in [-0.1, -0.05) is 121 Å². The summed E-state index contributed by atoms with van der Waals surface area (Å²) in [6, 6.07) is 66.1. The molecule has 3 aromatic heterocycles. The highest BCUT2D eigenvalue weighted by molar-refractivity contribution is 6.19. The van der Waals surface area contributed by atoms with Crippen molar-refractivity contribution in [2.45, 2.75) is 0 Å². The average molecular weight is 675 g/mol. The number of furan rings is 1. The third-order valence-electron chi connectivity index (χ3n) is 11.3. The summed E-state index contributed by atoms with van der Waals surface area (Å²) in [6.07, 6.45) is 0. The highest BCUT2D eigenvalue weighted by Crippen LogP contribution is 2.42. The zero-order valence-corrected chi connectivity index (χ0v) is 28.6. The summed E-state index contributed by atoms with van der Waals surface area (Å²) >= 11 is 0. The standard InChI is InChI=1S/C50H30N2O/c1-3-15-35-31(11-1)13-9-20-43(35)51-45-19-7-5-17-37(45)39-27-33(23-25-46(39)51)34-24-26-47-40(28-34)41-29-42-38-18-6-8-22-49(38)53-50(42)30-48(41)52(47)44-21-10-14-32-12-2-4-16-36(32)44/h1-30H. The number of hydrogen-bond acceptors (Lipinski definition) is 1. The maximum atomic E-state index is 6.45. The molecule has 0 aliphatic carbocycles. The van der Waals surface area contributed by atoms with Gasteiger partial charge in [0.25, 0.3) is 0 Å². The highest BCUT2D eigenvalue weighted by atomic mass is 16.3. The van der Waals surface area contributed by atoms with E-state index in [4.69, 9.17) is 4.42 Å². The second-order valence-corrected chi connectivity index (χ2v) is 14.1. The van der Waals surface area contributed by atoms with Crippen LogP contribution in [0, 0.1) is 0 Å². The normalized spacial score (nSPS) is 12.2. The van der Waals surface area contributed by atoms with Crippen molar-refractivity contribution in [3.8, 4) is 22.5 Å². The average Bonchev–Trinajstić information content (AvgIpc) is 3.86. The van der Waals surface area contributed by atoms with Crippen LogP contribution in [0.3, 0.4) is 0 Å². The third-order valence-corrected chi connectivity index (χ3v) is 11.3. The van der Waals surface area contributed by atoms with Crippen LogP contribution in [-0.2, 0) is 0 Å². The number of hydrogen-bond donors (Lipinski definition) is 0. The van der Waals surface area contributed by atoms with Gasteiger partial charge in [0.1, 0.15) is 11.2 Å². The van der Waals surface area contributed by atoms with Gasteiger partial charge in [-0.25, -0.2) is 0 Å². The molecule has 0 aliphatic rings. The van der Waals surface area contributed by atoms with E-state index in [-0.39, 0.29) is 0 Å². The Balaban J connectivity index is 1.12. The van der Waals surface area contributed by atoms with E-state index in [2.05, 4.69) is 185 Å². The number of para-hydroxylation sites is 2. The van der Waals surface area contributed by atoms with Gasteiger partial charge in [-0.3, -0.25) is 0 Å². The summed E-state index contributed by atoms with van der Waals surface area (Å²) in [5.41, 5.74) is 11.3. The van der Waals surface area contributed by atoms with Crippen molar-refractivity contribution in [1.82, 2.24) is 9.13 Å². The van der Waals surface area contributed by atoms with Crippen molar-refractivity contribution >= 4 is 87.1 Å². The Labute approximate surface area is 304 Å².